The molecule has 1 spiro atoms. The van der Waals surface area contributed by atoms with Crippen LogP contribution in [0.3, 0.4) is 0 Å². The predicted molar refractivity (Wildman–Crippen MR) is 86.6 cm³/mol. The van der Waals surface area contributed by atoms with E-state index >= 15 is 0 Å². The summed E-state index contributed by atoms with van der Waals surface area (Å²) in [6.45, 7) is 0. The molecule has 3 heterocycles. The SMILES string of the molecule is c1ccc2c(c1)c1ccnc3c1n2C1(CCCCC1)CC3. The third kappa shape index (κ3) is 1.45. The van der Waals surface area contributed by atoms with Gasteiger partial charge in [-0.05, 0) is 37.8 Å². The highest BCUT2D eigenvalue weighted by molar-refractivity contribution is 6.09. The van der Waals surface area contributed by atoms with Crippen molar-refractivity contribution < 1.29 is 0 Å². The Morgan fingerprint density at radius 2 is 1.76 bits per heavy atom. The number of benzene rings is 1. The van der Waals surface area contributed by atoms with Crippen molar-refractivity contribution >= 4 is 21.8 Å². The molecule has 1 fully saturated rings. The van der Waals surface area contributed by atoms with Crippen LogP contribution in [0.1, 0.15) is 44.2 Å². The normalized spacial score (nSPS) is 20.4. The highest BCUT2D eigenvalue weighted by atomic mass is 15.1. The van der Waals surface area contributed by atoms with Gasteiger partial charge in [0.25, 0.3) is 0 Å². The third-order valence-electron chi connectivity index (χ3n) is 5.74. The van der Waals surface area contributed by atoms with Crippen molar-refractivity contribution in [2.75, 3.05) is 0 Å². The fourth-order valence-corrected chi connectivity index (χ4v) is 4.80. The van der Waals surface area contributed by atoms with Crippen molar-refractivity contribution in [3.05, 3.63) is 42.2 Å². The second-order valence-electron chi connectivity index (χ2n) is 6.79. The molecular formula is C19H20N2. The summed E-state index contributed by atoms with van der Waals surface area (Å²) in [6.07, 6.45) is 11.3. The Kier molecular flexibility index (Phi) is 2.30. The van der Waals surface area contributed by atoms with Crippen LogP contribution < -0.4 is 0 Å². The van der Waals surface area contributed by atoms with E-state index in [4.69, 9.17) is 0 Å². The summed E-state index contributed by atoms with van der Waals surface area (Å²) in [5.41, 5.74) is 4.51. The summed E-state index contributed by atoms with van der Waals surface area (Å²) >= 11 is 0. The minimum absolute atomic E-state index is 0.357. The summed E-state index contributed by atoms with van der Waals surface area (Å²) in [4.78, 5) is 4.69. The van der Waals surface area contributed by atoms with Gasteiger partial charge in [-0.3, -0.25) is 4.98 Å². The van der Waals surface area contributed by atoms with E-state index < -0.39 is 0 Å². The first-order valence-electron chi connectivity index (χ1n) is 8.27. The van der Waals surface area contributed by atoms with Crippen LogP contribution in [0.2, 0.25) is 0 Å². The summed E-state index contributed by atoms with van der Waals surface area (Å²) in [5, 5.41) is 2.81. The number of rotatable bonds is 0. The summed E-state index contributed by atoms with van der Waals surface area (Å²) < 4.78 is 2.68. The van der Waals surface area contributed by atoms with Crippen LogP contribution in [-0.2, 0) is 12.0 Å². The molecule has 1 aromatic carbocycles. The Hall–Kier alpha value is -1.83. The Balaban J connectivity index is 1.96. The molecule has 0 radical (unpaired) electrons. The van der Waals surface area contributed by atoms with Gasteiger partial charge in [0.1, 0.15) is 0 Å². The van der Waals surface area contributed by atoms with Crippen LogP contribution >= 0.6 is 0 Å². The van der Waals surface area contributed by atoms with Gasteiger partial charge in [0.2, 0.25) is 0 Å². The van der Waals surface area contributed by atoms with Gasteiger partial charge in [-0.2, -0.15) is 0 Å². The fourth-order valence-electron chi connectivity index (χ4n) is 4.80. The topological polar surface area (TPSA) is 17.8 Å². The van der Waals surface area contributed by atoms with Gasteiger partial charge < -0.3 is 4.57 Å². The first-order valence-corrected chi connectivity index (χ1v) is 8.27. The van der Waals surface area contributed by atoms with Crippen LogP contribution in [0.4, 0.5) is 0 Å². The van der Waals surface area contributed by atoms with E-state index in [0.29, 0.717) is 5.54 Å². The minimum Gasteiger partial charge on any atom is -0.333 e. The molecule has 0 N–H and O–H groups in total. The van der Waals surface area contributed by atoms with E-state index in [2.05, 4.69) is 39.9 Å². The van der Waals surface area contributed by atoms with E-state index in [1.807, 2.05) is 6.20 Å². The lowest BCUT2D eigenvalue weighted by molar-refractivity contribution is 0.183. The van der Waals surface area contributed by atoms with Gasteiger partial charge in [0.15, 0.2) is 0 Å². The number of para-hydroxylation sites is 1. The zero-order valence-corrected chi connectivity index (χ0v) is 12.3. The molecule has 2 aromatic heterocycles. The molecule has 0 amide bonds. The number of pyridine rings is 1. The number of aromatic nitrogens is 2. The number of hydrogen-bond acceptors (Lipinski definition) is 1. The van der Waals surface area contributed by atoms with Crippen molar-refractivity contribution in [1.29, 1.82) is 0 Å². The van der Waals surface area contributed by atoms with Crippen molar-refractivity contribution in [1.82, 2.24) is 9.55 Å². The van der Waals surface area contributed by atoms with Crippen molar-refractivity contribution in [2.24, 2.45) is 0 Å². The molecule has 1 saturated carbocycles. The van der Waals surface area contributed by atoms with E-state index in [-0.39, 0.29) is 0 Å². The lowest BCUT2D eigenvalue weighted by atomic mass is 9.76. The molecule has 0 saturated heterocycles. The van der Waals surface area contributed by atoms with Gasteiger partial charge in [-0.25, -0.2) is 0 Å². The van der Waals surface area contributed by atoms with E-state index in [1.165, 1.54) is 66.0 Å². The molecular weight excluding hydrogens is 256 g/mol. The Morgan fingerprint density at radius 1 is 0.905 bits per heavy atom. The zero-order chi connectivity index (χ0) is 13.9. The maximum Gasteiger partial charge on any atom is 0.0715 e. The molecule has 21 heavy (non-hydrogen) atoms. The van der Waals surface area contributed by atoms with Gasteiger partial charge >= 0.3 is 0 Å². The number of nitrogens with zero attached hydrogens (tertiary/aromatic N) is 2. The number of aryl methyl sites for hydroxylation is 1. The molecule has 0 unspecified atom stereocenters. The van der Waals surface area contributed by atoms with Gasteiger partial charge in [-0.15, -0.1) is 0 Å². The molecule has 3 aromatic rings. The molecule has 2 heteroatoms. The van der Waals surface area contributed by atoms with E-state index in [9.17, 15) is 0 Å². The molecule has 2 nitrogen and oxygen atoms in total. The second-order valence-corrected chi connectivity index (χ2v) is 6.79. The van der Waals surface area contributed by atoms with Crippen LogP contribution in [-0.4, -0.2) is 9.55 Å². The third-order valence-corrected chi connectivity index (χ3v) is 5.74. The van der Waals surface area contributed by atoms with Crippen molar-refractivity contribution in [2.45, 2.75) is 50.5 Å². The standard InChI is InChI=1S/C19H20N2/c1-4-10-19(11-5-1)12-8-16-18-15(9-13-20-16)14-6-2-3-7-17(14)21(18)19/h2-3,6-7,9,13H,1,4-5,8,10-12H2. The van der Waals surface area contributed by atoms with Gasteiger partial charge in [-0.1, -0.05) is 37.5 Å². The van der Waals surface area contributed by atoms with Gasteiger partial charge in [0, 0.05) is 28.0 Å². The smallest absolute Gasteiger partial charge is 0.0715 e. The first-order chi connectivity index (χ1) is 10.4. The number of fused-ring (bicyclic) bond motifs is 4. The Labute approximate surface area is 124 Å². The first kappa shape index (κ1) is 11.8. The van der Waals surface area contributed by atoms with Crippen molar-refractivity contribution in [3.8, 4) is 0 Å². The summed E-state index contributed by atoms with van der Waals surface area (Å²) in [7, 11) is 0. The van der Waals surface area contributed by atoms with E-state index in [1.54, 1.807) is 0 Å². The molecule has 5 rings (SSSR count). The molecule has 0 atom stereocenters. The van der Waals surface area contributed by atoms with Gasteiger partial charge in [0.05, 0.1) is 11.2 Å². The largest absolute Gasteiger partial charge is 0.333 e. The van der Waals surface area contributed by atoms with Crippen LogP contribution in [0.5, 0.6) is 0 Å². The minimum atomic E-state index is 0.357. The van der Waals surface area contributed by atoms with Crippen LogP contribution in [0.15, 0.2) is 36.5 Å². The Morgan fingerprint density at radius 3 is 2.67 bits per heavy atom. The zero-order valence-electron chi connectivity index (χ0n) is 12.3. The maximum atomic E-state index is 4.69. The predicted octanol–water partition coefficient (Wildman–Crippen LogP) is 4.80. The monoisotopic (exact) mass is 276 g/mol. The fraction of sp³-hybridized carbons (Fsp3) is 0.421. The molecule has 2 aliphatic rings. The molecule has 0 bridgehead atoms. The average Bonchev–Trinajstić information content (AvgIpc) is 2.90. The summed E-state index contributed by atoms with van der Waals surface area (Å²) in [5.74, 6) is 0. The quantitative estimate of drug-likeness (QED) is 0.577. The Bertz CT molecular complexity index is 837. The molecule has 1 aliphatic carbocycles. The lowest BCUT2D eigenvalue weighted by Crippen LogP contribution is -2.38. The highest BCUT2D eigenvalue weighted by Crippen LogP contribution is 2.47. The molecule has 1 aliphatic heterocycles. The van der Waals surface area contributed by atoms with Crippen LogP contribution in [0.25, 0.3) is 21.8 Å². The molecule has 106 valence electrons. The highest BCUT2D eigenvalue weighted by Gasteiger charge is 2.39. The summed E-state index contributed by atoms with van der Waals surface area (Å²) in [6, 6.07) is 11.1. The van der Waals surface area contributed by atoms with Crippen LogP contribution in [0, 0.1) is 0 Å². The maximum absolute atomic E-state index is 4.69. The second kappa shape index (κ2) is 4.09. The van der Waals surface area contributed by atoms with Crippen molar-refractivity contribution in [3.63, 3.8) is 0 Å². The van der Waals surface area contributed by atoms with E-state index in [0.717, 1.165) is 6.42 Å². The lowest BCUT2D eigenvalue weighted by Gasteiger charge is -2.43. The number of hydrogen-bond donors (Lipinski definition) is 0. The average molecular weight is 276 g/mol.